The number of hydrogen-bond acceptors (Lipinski definition) is 6. The molecular weight excluding hydrogens is 398 g/mol. The molecule has 7 heteroatoms. The Labute approximate surface area is 180 Å². The van der Waals surface area contributed by atoms with Gasteiger partial charge in [-0.3, -0.25) is 4.98 Å². The number of primary amides is 1. The number of hydrogen-bond donors (Lipinski definition) is 3. The number of thiazole rings is 1. The van der Waals surface area contributed by atoms with E-state index in [-0.39, 0.29) is 18.4 Å². The van der Waals surface area contributed by atoms with Gasteiger partial charge >= 0.3 is 6.09 Å². The molecule has 1 unspecified atom stereocenters. The molecule has 1 aromatic heterocycles. The van der Waals surface area contributed by atoms with Gasteiger partial charge in [-0.15, -0.1) is 11.3 Å². The van der Waals surface area contributed by atoms with E-state index in [4.69, 9.17) is 16.2 Å². The molecule has 0 radical (unpaired) electrons. The quantitative estimate of drug-likeness (QED) is 0.462. The molecule has 30 heavy (non-hydrogen) atoms. The summed E-state index contributed by atoms with van der Waals surface area (Å²) in [4.78, 5) is 16.7. The van der Waals surface area contributed by atoms with Crippen LogP contribution in [0.15, 0.2) is 72.4 Å². The highest BCUT2D eigenvalue weighted by Crippen LogP contribution is 2.28. The zero-order chi connectivity index (χ0) is 21.3. The minimum atomic E-state index is -0.944. The maximum atomic E-state index is 11.4. The number of aliphatic hydroxyl groups is 1. The highest BCUT2D eigenvalue weighted by Gasteiger charge is 2.29. The molecule has 3 aromatic rings. The molecule has 0 fully saturated rings. The second kappa shape index (κ2) is 10.9. The van der Waals surface area contributed by atoms with Crippen LogP contribution >= 0.6 is 11.3 Å². The average Bonchev–Trinajstić information content (AvgIpc) is 3.26. The van der Waals surface area contributed by atoms with Crippen molar-refractivity contribution in [3.05, 3.63) is 88.4 Å². The molecular formula is C23H27N3O3S. The first-order valence-electron chi connectivity index (χ1n) is 9.89. The molecule has 1 amide bonds. The minimum Gasteiger partial charge on any atom is -0.443 e. The lowest BCUT2D eigenvalue weighted by atomic mass is 9.84. The lowest BCUT2D eigenvalue weighted by Crippen LogP contribution is -2.41. The van der Waals surface area contributed by atoms with Crippen molar-refractivity contribution in [1.29, 1.82) is 0 Å². The summed E-state index contributed by atoms with van der Waals surface area (Å²) < 4.78 is 5.23. The first kappa shape index (κ1) is 22.0. The predicted molar refractivity (Wildman–Crippen MR) is 118 cm³/mol. The zero-order valence-corrected chi connectivity index (χ0v) is 17.4. The van der Waals surface area contributed by atoms with Gasteiger partial charge in [-0.25, -0.2) is 4.79 Å². The van der Waals surface area contributed by atoms with Crippen LogP contribution in [0.4, 0.5) is 4.79 Å². The molecule has 158 valence electrons. The second-order valence-corrected chi connectivity index (χ2v) is 8.29. The number of nitrogens with two attached hydrogens (primary N) is 2. The van der Waals surface area contributed by atoms with Gasteiger partial charge in [0.2, 0.25) is 0 Å². The molecule has 0 saturated heterocycles. The Bertz CT molecular complexity index is 891. The number of aromatic nitrogens is 1. The number of ether oxygens (including phenoxy) is 1. The van der Waals surface area contributed by atoms with E-state index in [2.05, 4.69) is 4.98 Å². The lowest BCUT2D eigenvalue weighted by Gasteiger charge is -2.29. The van der Waals surface area contributed by atoms with Crippen LogP contribution in [0.25, 0.3) is 0 Å². The molecule has 0 aliphatic rings. The second-order valence-electron chi connectivity index (χ2n) is 7.32. The van der Waals surface area contributed by atoms with Crippen molar-refractivity contribution in [2.75, 3.05) is 0 Å². The van der Waals surface area contributed by atoms with Gasteiger partial charge in [0.25, 0.3) is 0 Å². The molecule has 0 aliphatic heterocycles. The molecule has 0 spiro atoms. The Morgan fingerprint density at radius 2 is 1.73 bits per heavy atom. The van der Waals surface area contributed by atoms with E-state index in [9.17, 15) is 9.90 Å². The SMILES string of the molecule is NC(=O)O[C@@H](Cc1ccccc1)[C@H](O)C[C@H](N)C(Cc1cncs1)c1ccccc1. The van der Waals surface area contributed by atoms with Crippen LogP contribution in [-0.4, -0.2) is 34.4 Å². The largest absolute Gasteiger partial charge is 0.443 e. The average molecular weight is 426 g/mol. The third-order valence-electron chi connectivity index (χ3n) is 5.14. The Kier molecular flexibility index (Phi) is 7.96. The summed E-state index contributed by atoms with van der Waals surface area (Å²) in [5, 5.41) is 10.9. The number of carbonyl (C=O) groups excluding carboxylic acids is 1. The minimum absolute atomic E-state index is 0.00717. The van der Waals surface area contributed by atoms with Crippen molar-refractivity contribution in [1.82, 2.24) is 4.98 Å². The number of aliphatic hydroxyl groups excluding tert-OH is 1. The van der Waals surface area contributed by atoms with E-state index >= 15 is 0 Å². The van der Waals surface area contributed by atoms with Crippen molar-refractivity contribution < 1.29 is 14.6 Å². The van der Waals surface area contributed by atoms with E-state index < -0.39 is 18.3 Å². The summed E-state index contributed by atoms with van der Waals surface area (Å²) in [6.07, 6.45) is 0.579. The molecule has 0 aliphatic carbocycles. The van der Waals surface area contributed by atoms with E-state index in [1.54, 1.807) is 16.8 Å². The number of nitrogens with zero attached hydrogens (tertiary/aromatic N) is 1. The molecule has 2 aromatic carbocycles. The van der Waals surface area contributed by atoms with Gasteiger partial charge < -0.3 is 21.3 Å². The molecule has 4 atom stereocenters. The van der Waals surface area contributed by atoms with Crippen LogP contribution in [0.3, 0.4) is 0 Å². The van der Waals surface area contributed by atoms with Crippen LogP contribution in [0.2, 0.25) is 0 Å². The molecule has 3 rings (SSSR count). The maximum absolute atomic E-state index is 11.4. The van der Waals surface area contributed by atoms with Crippen molar-refractivity contribution in [2.24, 2.45) is 11.5 Å². The molecule has 0 saturated carbocycles. The zero-order valence-electron chi connectivity index (χ0n) is 16.6. The smallest absolute Gasteiger partial charge is 0.404 e. The van der Waals surface area contributed by atoms with Gasteiger partial charge in [-0.2, -0.15) is 0 Å². The topological polar surface area (TPSA) is 111 Å². The lowest BCUT2D eigenvalue weighted by molar-refractivity contribution is -0.00157. The third-order valence-corrected chi connectivity index (χ3v) is 5.94. The fourth-order valence-corrected chi connectivity index (χ4v) is 4.28. The fourth-order valence-electron chi connectivity index (χ4n) is 3.62. The number of amides is 1. The normalized spacial score (nSPS) is 15.1. The molecule has 1 heterocycles. The summed E-state index contributed by atoms with van der Waals surface area (Å²) in [6.45, 7) is 0. The van der Waals surface area contributed by atoms with Gasteiger partial charge in [-0.05, 0) is 24.0 Å². The summed E-state index contributed by atoms with van der Waals surface area (Å²) in [6, 6.07) is 19.2. The van der Waals surface area contributed by atoms with E-state index in [1.165, 1.54) is 0 Å². The highest BCUT2D eigenvalue weighted by atomic mass is 32.1. The van der Waals surface area contributed by atoms with Gasteiger partial charge in [0.15, 0.2) is 0 Å². The Morgan fingerprint density at radius 3 is 2.33 bits per heavy atom. The van der Waals surface area contributed by atoms with Crippen molar-refractivity contribution in [3.8, 4) is 0 Å². The van der Waals surface area contributed by atoms with E-state index in [0.29, 0.717) is 6.42 Å². The first-order valence-corrected chi connectivity index (χ1v) is 10.8. The Balaban J connectivity index is 1.74. The number of benzene rings is 2. The maximum Gasteiger partial charge on any atom is 0.404 e. The van der Waals surface area contributed by atoms with Crippen LogP contribution < -0.4 is 11.5 Å². The van der Waals surface area contributed by atoms with Crippen LogP contribution in [0.5, 0.6) is 0 Å². The first-order chi connectivity index (χ1) is 14.5. The van der Waals surface area contributed by atoms with E-state index in [1.807, 2.05) is 66.9 Å². The van der Waals surface area contributed by atoms with E-state index in [0.717, 1.165) is 22.4 Å². The monoisotopic (exact) mass is 425 g/mol. The molecule has 5 N–H and O–H groups in total. The standard InChI is InChI=1S/C23H27N3O3S/c24-20(19(12-18-14-26-15-30-18)17-9-5-2-6-10-17)13-21(27)22(29-23(25)28)11-16-7-3-1-4-8-16/h1-10,14-15,19-22,27H,11-13,24H2,(H2,25,28)/t19?,20-,21+,22-/m0/s1. The van der Waals surface area contributed by atoms with Gasteiger partial charge in [0.05, 0.1) is 11.6 Å². The summed E-state index contributed by atoms with van der Waals surface area (Å²) in [5.74, 6) is -0.00717. The van der Waals surface area contributed by atoms with Crippen LogP contribution in [0, 0.1) is 0 Å². The van der Waals surface area contributed by atoms with Crippen LogP contribution in [-0.2, 0) is 17.6 Å². The van der Waals surface area contributed by atoms with Crippen molar-refractivity contribution in [3.63, 3.8) is 0 Å². The van der Waals surface area contributed by atoms with Gasteiger partial charge in [0, 0.05) is 29.5 Å². The highest BCUT2D eigenvalue weighted by molar-refractivity contribution is 7.09. The third kappa shape index (κ3) is 6.38. The van der Waals surface area contributed by atoms with Crippen molar-refractivity contribution >= 4 is 17.4 Å². The van der Waals surface area contributed by atoms with Crippen LogP contribution in [0.1, 0.15) is 28.3 Å². The predicted octanol–water partition coefficient (Wildman–Crippen LogP) is 3.25. The van der Waals surface area contributed by atoms with Gasteiger partial charge in [-0.1, -0.05) is 60.7 Å². The Hall–Kier alpha value is -2.74. The summed E-state index contributed by atoms with van der Waals surface area (Å²) in [5.41, 5.74) is 15.7. The molecule has 6 nitrogen and oxygen atoms in total. The Morgan fingerprint density at radius 1 is 1.07 bits per heavy atom. The summed E-state index contributed by atoms with van der Waals surface area (Å²) >= 11 is 1.58. The number of carbonyl (C=O) groups is 1. The van der Waals surface area contributed by atoms with Crippen molar-refractivity contribution in [2.45, 2.75) is 43.4 Å². The number of rotatable bonds is 10. The molecule has 0 bridgehead atoms. The fraction of sp³-hybridized carbons (Fsp3) is 0.304. The van der Waals surface area contributed by atoms with Gasteiger partial charge in [0.1, 0.15) is 6.10 Å². The summed E-state index contributed by atoms with van der Waals surface area (Å²) in [7, 11) is 0.